The maximum absolute atomic E-state index is 11.8. The van der Waals surface area contributed by atoms with E-state index in [9.17, 15) is 8.42 Å². The van der Waals surface area contributed by atoms with Crippen LogP contribution in [-0.4, -0.2) is 24.3 Å². The topological polar surface area (TPSA) is 76.4 Å². The molecule has 1 aromatic heterocycles. The minimum Gasteiger partial charge on any atom is -0.489 e. The van der Waals surface area contributed by atoms with Crippen LogP contribution in [0.2, 0.25) is 0 Å². The first-order valence-electron chi connectivity index (χ1n) is 7.45. The average Bonchev–Trinajstić information content (AvgIpc) is 3.15. The first kappa shape index (κ1) is 16.7. The highest BCUT2D eigenvalue weighted by molar-refractivity contribution is 7.91. The Morgan fingerprint density at radius 3 is 2.40 bits per heavy atom. The number of rotatable bonds is 6. The molecule has 0 radical (unpaired) electrons. The number of nitrogens with one attached hydrogen (secondary N) is 1. The Morgan fingerprint density at radius 1 is 1.08 bits per heavy atom. The summed E-state index contributed by atoms with van der Waals surface area (Å²) in [5, 5.41) is 0. The van der Waals surface area contributed by atoms with Gasteiger partial charge in [-0.15, -0.1) is 0 Å². The van der Waals surface area contributed by atoms with Crippen LogP contribution >= 0.6 is 0 Å². The second-order valence-electron chi connectivity index (χ2n) is 5.32. The summed E-state index contributed by atoms with van der Waals surface area (Å²) >= 11 is 0. The number of sulfone groups is 1. The molecule has 0 amide bonds. The molecule has 0 atom stereocenters. The van der Waals surface area contributed by atoms with Crippen molar-refractivity contribution in [2.45, 2.75) is 11.5 Å². The van der Waals surface area contributed by atoms with E-state index in [-0.39, 0.29) is 4.90 Å². The van der Waals surface area contributed by atoms with Crippen LogP contribution in [0.3, 0.4) is 0 Å². The molecule has 0 aliphatic carbocycles. The number of hydrogen-bond acceptors (Lipinski definition) is 4. The number of imidazole rings is 1. The average molecular weight is 353 g/mol. The van der Waals surface area contributed by atoms with Gasteiger partial charge < -0.3 is 9.72 Å². The largest absolute Gasteiger partial charge is 0.489 e. The van der Waals surface area contributed by atoms with Crippen molar-refractivity contribution in [2.75, 3.05) is 5.88 Å². The van der Waals surface area contributed by atoms with Gasteiger partial charge in [0, 0.05) is 0 Å². The number of benzene rings is 2. The minimum atomic E-state index is -3.52. The maximum Gasteiger partial charge on any atom is 0.316 e. The van der Waals surface area contributed by atoms with E-state index >= 15 is 0 Å². The normalized spacial score (nSPS) is 11.0. The molecule has 1 heterocycles. The van der Waals surface area contributed by atoms with Crippen LogP contribution in [0.25, 0.3) is 16.1 Å². The zero-order valence-electron chi connectivity index (χ0n) is 13.2. The second-order valence-corrected chi connectivity index (χ2v) is 7.28. The lowest BCUT2D eigenvalue weighted by atomic mass is 10.1. The summed E-state index contributed by atoms with van der Waals surface area (Å²) in [4.78, 5) is 10.1. The molecular weight excluding hydrogens is 338 g/mol. The summed E-state index contributed by atoms with van der Waals surface area (Å²) < 4.78 is 29.3. The van der Waals surface area contributed by atoms with Gasteiger partial charge in [0.2, 0.25) is 0 Å². The quantitative estimate of drug-likeness (QED) is 0.690. The molecule has 3 aromatic rings. The van der Waals surface area contributed by atoms with Gasteiger partial charge in [-0.2, -0.15) is 0 Å². The van der Waals surface area contributed by atoms with Crippen LogP contribution in [-0.2, 0) is 16.4 Å². The molecule has 0 fully saturated rings. The van der Waals surface area contributed by atoms with E-state index in [4.69, 9.17) is 11.3 Å². The van der Waals surface area contributed by atoms with Crippen molar-refractivity contribution in [2.24, 2.45) is 0 Å². The molecule has 0 saturated heterocycles. The van der Waals surface area contributed by atoms with Gasteiger partial charge in [-0.3, -0.25) is 4.85 Å². The lowest BCUT2D eigenvalue weighted by Crippen LogP contribution is -2.04. The third-order valence-electron chi connectivity index (χ3n) is 3.59. The standard InChI is InChI=1S/C18H15N3O3S/c1-19-13-25(22,23)17-8-2-14(3-9-17)11-24-16-6-4-15(5-7-16)18-10-20-12-21-18/h2-10,12H,11,13H2,(H,20,21). The molecule has 6 nitrogen and oxygen atoms in total. The Balaban J connectivity index is 1.63. The SMILES string of the molecule is [C-]#[N+]CS(=O)(=O)c1ccc(COc2ccc(-c3cnc[nH]3)cc2)cc1. The Kier molecular flexibility index (Phi) is 4.82. The third kappa shape index (κ3) is 4.05. The Labute approximate surface area is 145 Å². The number of nitrogens with zero attached hydrogens (tertiary/aromatic N) is 2. The Morgan fingerprint density at radius 2 is 1.80 bits per heavy atom. The summed E-state index contributed by atoms with van der Waals surface area (Å²) in [6.45, 7) is 7.02. The Hall–Kier alpha value is -3.11. The van der Waals surface area contributed by atoms with Gasteiger partial charge >= 0.3 is 5.88 Å². The first-order chi connectivity index (χ1) is 12.1. The van der Waals surface area contributed by atoms with Crippen molar-refractivity contribution in [1.29, 1.82) is 0 Å². The third-order valence-corrected chi connectivity index (χ3v) is 5.05. The van der Waals surface area contributed by atoms with E-state index in [2.05, 4.69) is 14.8 Å². The van der Waals surface area contributed by atoms with Gasteiger partial charge in [0.15, 0.2) is 0 Å². The molecule has 3 rings (SSSR count). The van der Waals surface area contributed by atoms with Gasteiger partial charge in [-0.1, -0.05) is 12.1 Å². The van der Waals surface area contributed by atoms with Crippen LogP contribution in [0.1, 0.15) is 5.56 Å². The maximum atomic E-state index is 11.8. The van der Waals surface area contributed by atoms with E-state index in [1.807, 2.05) is 24.3 Å². The van der Waals surface area contributed by atoms with Gasteiger partial charge in [0.25, 0.3) is 9.84 Å². The van der Waals surface area contributed by atoms with E-state index in [0.717, 1.165) is 16.8 Å². The zero-order chi connectivity index (χ0) is 17.7. The molecule has 0 saturated carbocycles. The summed E-state index contributed by atoms with van der Waals surface area (Å²) in [5.74, 6) is 0.180. The van der Waals surface area contributed by atoms with Crippen LogP contribution in [0, 0.1) is 6.57 Å². The van der Waals surface area contributed by atoms with E-state index in [1.165, 1.54) is 12.1 Å². The fourth-order valence-electron chi connectivity index (χ4n) is 2.26. The van der Waals surface area contributed by atoms with Crippen molar-refractivity contribution in [3.8, 4) is 17.0 Å². The van der Waals surface area contributed by atoms with Crippen LogP contribution < -0.4 is 4.74 Å². The highest BCUT2D eigenvalue weighted by Gasteiger charge is 2.16. The number of aromatic nitrogens is 2. The summed E-state index contributed by atoms with van der Waals surface area (Å²) in [6, 6.07) is 14.0. The fourth-order valence-corrected chi connectivity index (χ4v) is 3.13. The zero-order valence-corrected chi connectivity index (χ0v) is 14.0. The predicted molar refractivity (Wildman–Crippen MR) is 93.5 cm³/mol. The molecule has 126 valence electrons. The monoisotopic (exact) mass is 353 g/mol. The molecule has 25 heavy (non-hydrogen) atoms. The molecule has 0 aliphatic heterocycles. The number of ether oxygens (including phenoxy) is 1. The fraction of sp³-hybridized carbons (Fsp3) is 0.111. The number of aromatic amines is 1. The van der Waals surface area contributed by atoms with Crippen LogP contribution in [0.4, 0.5) is 0 Å². The van der Waals surface area contributed by atoms with Gasteiger partial charge in [-0.25, -0.2) is 20.0 Å². The summed E-state index contributed by atoms with van der Waals surface area (Å²) in [5.41, 5.74) is 2.79. The molecule has 0 spiro atoms. The van der Waals surface area contributed by atoms with E-state index in [0.29, 0.717) is 12.4 Å². The van der Waals surface area contributed by atoms with E-state index < -0.39 is 15.7 Å². The van der Waals surface area contributed by atoms with Gasteiger partial charge in [0.1, 0.15) is 12.4 Å². The van der Waals surface area contributed by atoms with Gasteiger partial charge in [-0.05, 0) is 47.5 Å². The van der Waals surface area contributed by atoms with Crippen molar-refractivity contribution < 1.29 is 13.2 Å². The smallest absolute Gasteiger partial charge is 0.316 e. The minimum absolute atomic E-state index is 0.149. The molecule has 0 aliphatic rings. The molecule has 1 N–H and O–H groups in total. The van der Waals surface area contributed by atoms with Crippen molar-refractivity contribution >= 4 is 9.84 Å². The molecule has 2 aromatic carbocycles. The molecule has 0 unspecified atom stereocenters. The summed E-state index contributed by atoms with van der Waals surface area (Å²) in [7, 11) is -3.52. The summed E-state index contributed by atoms with van der Waals surface area (Å²) in [6.07, 6.45) is 3.38. The lowest BCUT2D eigenvalue weighted by molar-refractivity contribution is 0.306. The molecule has 0 bridgehead atoms. The first-order valence-corrected chi connectivity index (χ1v) is 9.10. The van der Waals surface area contributed by atoms with Crippen LogP contribution in [0.15, 0.2) is 66.0 Å². The molecule has 7 heteroatoms. The number of hydrogen-bond donors (Lipinski definition) is 1. The number of H-pyrrole nitrogens is 1. The van der Waals surface area contributed by atoms with Gasteiger partial charge in [0.05, 0.1) is 23.1 Å². The van der Waals surface area contributed by atoms with Crippen molar-refractivity contribution in [3.05, 3.63) is 78.0 Å². The highest BCUT2D eigenvalue weighted by Crippen LogP contribution is 2.21. The van der Waals surface area contributed by atoms with Crippen LogP contribution in [0.5, 0.6) is 5.75 Å². The predicted octanol–water partition coefficient (Wildman–Crippen LogP) is 3.31. The van der Waals surface area contributed by atoms with Crippen molar-refractivity contribution in [3.63, 3.8) is 0 Å². The second kappa shape index (κ2) is 7.20. The molecular formula is C18H15N3O3S. The Bertz CT molecular complexity index is 972. The van der Waals surface area contributed by atoms with Crippen molar-refractivity contribution in [1.82, 2.24) is 9.97 Å². The highest BCUT2D eigenvalue weighted by atomic mass is 32.2. The van der Waals surface area contributed by atoms with E-state index in [1.54, 1.807) is 24.7 Å². The lowest BCUT2D eigenvalue weighted by Gasteiger charge is -2.07.